The highest BCUT2D eigenvalue weighted by Gasteiger charge is 2.26. The van der Waals surface area contributed by atoms with Crippen LogP contribution in [-0.2, 0) is 6.42 Å². The number of carbonyl (C=O) groups excluding carboxylic acids is 1. The van der Waals surface area contributed by atoms with E-state index in [1.807, 2.05) is 6.07 Å². The number of benzene rings is 1. The Bertz CT molecular complexity index is 1270. The van der Waals surface area contributed by atoms with E-state index in [-0.39, 0.29) is 12.2 Å². The van der Waals surface area contributed by atoms with Gasteiger partial charge in [0.1, 0.15) is 5.75 Å². The number of nitrogens with zero attached hydrogens (tertiary/aromatic N) is 4. The van der Waals surface area contributed by atoms with Crippen LogP contribution in [-0.4, -0.2) is 32.5 Å². The van der Waals surface area contributed by atoms with Gasteiger partial charge in [0, 0.05) is 36.4 Å². The van der Waals surface area contributed by atoms with Crippen LogP contribution in [0.3, 0.4) is 0 Å². The lowest BCUT2D eigenvalue weighted by molar-refractivity contribution is 0.0993. The van der Waals surface area contributed by atoms with Gasteiger partial charge in [0.15, 0.2) is 11.4 Å². The molecule has 0 atom stereocenters. The Kier molecular flexibility index (Phi) is 5.67. The summed E-state index contributed by atoms with van der Waals surface area (Å²) in [5, 5.41) is 5.46. The Morgan fingerprint density at radius 2 is 2.06 bits per heavy atom. The van der Waals surface area contributed by atoms with Gasteiger partial charge in [0.2, 0.25) is 0 Å². The Hall–Kier alpha value is -2.80. The zero-order valence-corrected chi connectivity index (χ0v) is 19.6. The van der Waals surface area contributed by atoms with E-state index in [0.29, 0.717) is 22.9 Å². The summed E-state index contributed by atoms with van der Waals surface area (Å²) in [5.74, 6) is 2.83. The van der Waals surface area contributed by atoms with Gasteiger partial charge in [0.05, 0.1) is 34.1 Å². The minimum Gasteiger partial charge on any atom is -0.496 e. The summed E-state index contributed by atoms with van der Waals surface area (Å²) in [6.07, 6.45) is 10.3. The summed E-state index contributed by atoms with van der Waals surface area (Å²) in [5.41, 5.74) is 2.94. The normalized spacial score (nSPS) is 19.1. The second kappa shape index (κ2) is 8.62. The molecule has 1 aliphatic rings. The van der Waals surface area contributed by atoms with Crippen LogP contribution < -0.4 is 4.74 Å². The van der Waals surface area contributed by atoms with E-state index in [4.69, 9.17) is 9.72 Å². The molecular formula is C25H28N4O2S. The number of rotatable bonds is 6. The van der Waals surface area contributed by atoms with Crippen LogP contribution in [0.5, 0.6) is 5.75 Å². The Labute approximate surface area is 191 Å². The lowest BCUT2D eigenvalue weighted by atomic mass is 9.77. The average Bonchev–Trinajstić information content (AvgIpc) is 3.42. The fourth-order valence-corrected chi connectivity index (χ4v) is 6.02. The summed E-state index contributed by atoms with van der Waals surface area (Å²) in [7, 11) is 1.65. The molecule has 5 rings (SSSR count). The topological polar surface area (TPSA) is 69.4 Å². The van der Waals surface area contributed by atoms with E-state index in [1.54, 1.807) is 47.6 Å². The fourth-order valence-electron chi connectivity index (χ4n) is 4.84. The Morgan fingerprint density at radius 1 is 1.25 bits per heavy atom. The van der Waals surface area contributed by atoms with Gasteiger partial charge in [-0.3, -0.25) is 4.79 Å². The van der Waals surface area contributed by atoms with Crippen LogP contribution in [0.15, 0.2) is 36.8 Å². The zero-order valence-electron chi connectivity index (χ0n) is 18.7. The first kappa shape index (κ1) is 21.1. The molecule has 0 radical (unpaired) electrons. The third-order valence-electron chi connectivity index (χ3n) is 6.80. The van der Waals surface area contributed by atoms with Crippen molar-refractivity contribution in [3.63, 3.8) is 0 Å². The third-order valence-corrected chi connectivity index (χ3v) is 7.98. The molecule has 1 aliphatic carbocycles. The van der Waals surface area contributed by atoms with E-state index >= 15 is 0 Å². The molecule has 6 nitrogen and oxygen atoms in total. The predicted octanol–water partition coefficient (Wildman–Crippen LogP) is 5.70. The van der Waals surface area contributed by atoms with Crippen LogP contribution >= 0.6 is 11.3 Å². The smallest absolute Gasteiger partial charge is 0.172 e. The molecule has 7 heteroatoms. The Balaban J connectivity index is 1.40. The molecule has 3 heterocycles. The highest BCUT2D eigenvalue weighted by Crippen LogP contribution is 2.42. The summed E-state index contributed by atoms with van der Waals surface area (Å²) in [4.78, 5) is 22.3. The number of thiazole rings is 1. The second-order valence-electron chi connectivity index (χ2n) is 9.09. The quantitative estimate of drug-likeness (QED) is 0.354. The number of methoxy groups -OCH3 is 1. The van der Waals surface area contributed by atoms with Gasteiger partial charge in [-0.15, -0.1) is 11.3 Å². The molecule has 0 amide bonds. The lowest BCUT2D eigenvalue weighted by Gasteiger charge is -2.29. The molecule has 0 saturated heterocycles. The summed E-state index contributed by atoms with van der Waals surface area (Å²) in [6, 6.07) is 5.85. The number of Topliss-reactive ketones (excluding diaryl/α,β-unsaturated/α-hetero) is 1. The van der Waals surface area contributed by atoms with Gasteiger partial charge < -0.3 is 4.74 Å². The number of fused-ring (bicyclic) bond motifs is 2. The van der Waals surface area contributed by atoms with E-state index < -0.39 is 0 Å². The van der Waals surface area contributed by atoms with Gasteiger partial charge in [-0.2, -0.15) is 5.10 Å². The van der Waals surface area contributed by atoms with Crippen LogP contribution in [0.1, 0.15) is 66.4 Å². The van der Waals surface area contributed by atoms with Crippen molar-refractivity contribution in [2.45, 2.75) is 51.9 Å². The monoisotopic (exact) mass is 448 g/mol. The summed E-state index contributed by atoms with van der Waals surface area (Å²) in [6.45, 7) is 4.67. The second-order valence-corrected chi connectivity index (χ2v) is 10.1. The number of ketones is 1. The molecule has 0 N–H and O–H groups in total. The number of hydrogen-bond acceptors (Lipinski definition) is 6. The van der Waals surface area contributed by atoms with Crippen LogP contribution in [0.2, 0.25) is 0 Å². The van der Waals surface area contributed by atoms with Crippen molar-refractivity contribution in [2.24, 2.45) is 11.8 Å². The molecular weight excluding hydrogens is 420 g/mol. The number of carbonyl (C=O) groups is 1. The highest BCUT2D eigenvalue weighted by molar-refractivity contribution is 7.18. The standard InChI is InChI=1S/C25H28N4O2S/c1-15(2)16-5-7-17(8-6-16)25-28-20-13-22(31-3)18(12-23(20)32-25)11-21(30)19-14-27-29-10-4-9-26-24(19)29/h4,9-10,12-17H,5-8,11H2,1-3H3. The van der Waals surface area contributed by atoms with Crippen molar-refractivity contribution in [3.8, 4) is 5.75 Å². The molecule has 1 fully saturated rings. The van der Waals surface area contributed by atoms with Gasteiger partial charge in [-0.25, -0.2) is 14.5 Å². The van der Waals surface area contributed by atoms with Gasteiger partial charge >= 0.3 is 0 Å². The van der Waals surface area contributed by atoms with Crippen molar-refractivity contribution in [1.82, 2.24) is 19.6 Å². The number of aromatic nitrogens is 4. The largest absolute Gasteiger partial charge is 0.496 e. The van der Waals surface area contributed by atoms with Crippen molar-refractivity contribution in [2.75, 3.05) is 7.11 Å². The molecule has 0 unspecified atom stereocenters. The molecule has 0 spiro atoms. The fraction of sp³-hybridized carbons (Fsp3) is 0.440. The number of ether oxygens (including phenoxy) is 1. The molecule has 4 aromatic rings. The minimum absolute atomic E-state index is 0.0203. The molecule has 166 valence electrons. The molecule has 32 heavy (non-hydrogen) atoms. The third kappa shape index (κ3) is 3.90. The zero-order chi connectivity index (χ0) is 22.2. The van der Waals surface area contributed by atoms with E-state index in [2.05, 4.69) is 30.0 Å². The average molecular weight is 449 g/mol. The first-order chi connectivity index (χ1) is 15.5. The van der Waals surface area contributed by atoms with Crippen LogP contribution in [0, 0.1) is 11.8 Å². The van der Waals surface area contributed by atoms with E-state index in [0.717, 1.165) is 27.6 Å². The van der Waals surface area contributed by atoms with Crippen molar-refractivity contribution in [3.05, 3.63) is 52.9 Å². The molecule has 0 bridgehead atoms. The SMILES string of the molecule is COc1cc2nc(C3CCC(C(C)C)CC3)sc2cc1CC(=O)c1cnn2cccnc12. The van der Waals surface area contributed by atoms with Crippen molar-refractivity contribution < 1.29 is 9.53 Å². The summed E-state index contributed by atoms with van der Waals surface area (Å²) >= 11 is 1.77. The van der Waals surface area contributed by atoms with Crippen molar-refractivity contribution >= 4 is 33.0 Å². The molecule has 1 saturated carbocycles. The highest BCUT2D eigenvalue weighted by atomic mass is 32.1. The van der Waals surface area contributed by atoms with Crippen LogP contribution in [0.25, 0.3) is 15.9 Å². The molecule has 0 aliphatic heterocycles. The van der Waals surface area contributed by atoms with Gasteiger partial charge in [-0.1, -0.05) is 13.8 Å². The van der Waals surface area contributed by atoms with Gasteiger partial charge in [0.25, 0.3) is 0 Å². The van der Waals surface area contributed by atoms with E-state index in [9.17, 15) is 4.79 Å². The maximum atomic E-state index is 13.1. The molecule has 3 aromatic heterocycles. The van der Waals surface area contributed by atoms with Crippen molar-refractivity contribution in [1.29, 1.82) is 0 Å². The molecule has 1 aromatic carbocycles. The predicted molar refractivity (Wildman–Crippen MR) is 127 cm³/mol. The maximum absolute atomic E-state index is 13.1. The number of hydrogen-bond donors (Lipinski definition) is 0. The van der Waals surface area contributed by atoms with E-state index in [1.165, 1.54) is 30.7 Å². The van der Waals surface area contributed by atoms with Gasteiger partial charge in [-0.05, 0) is 49.7 Å². The lowest BCUT2D eigenvalue weighted by Crippen LogP contribution is -2.17. The van der Waals surface area contributed by atoms with Crippen LogP contribution in [0.4, 0.5) is 0 Å². The first-order valence-electron chi connectivity index (χ1n) is 11.3. The Morgan fingerprint density at radius 3 is 2.81 bits per heavy atom. The first-order valence-corrected chi connectivity index (χ1v) is 12.1. The summed E-state index contributed by atoms with van der Waals surface area (Å²) < 4.78 is 8.37. The maximum Gasteiger partial charge on any atom is 0.172 e. The minimum atomic E-state index is -0.0203.